The van der Waals surface area contributed by atoms with Crippen LogP contribution in [0.1, 0.15) is 21.7 Å². The Hall–Kier alpha value is -2.37. The molecule has 1 aromatic carbocycles. The van der Waals surface area contributed by atoms with Gasteiger partial charge in [-0.3, -0.25) is 0 Å². The van der Waals surface area contributed by atoms with Gasteiger partial charge in [-0.1, -0.05) is 0 Å². The van der Waals surface area contributed by atoms with Crippen LogP contribution in [0.3, 0.4) is 0 Å². The third kappa shape index (κ3) is 2.57. The number of halogens is 2. The van der Waals surface area contributed by atoms with Gasteiger partial charge >= 0.3 is 5.97 Å². The first kappa shape index (κ1) is 13.1. The molecule has 0 saturated carbocycles. The fourth-order valence-electron chi connectivity index (χ4n) is 1.84. The van der Waals surface area contributed by atoms with Gasteiger partial charge in [0, 0.05) is 11.6 Å². The van der Waals surface area contributed by atoms with Crippen LogP contribution in [0.5, 0.6) is 0 Å². The molecule has 0 aliphatic heterocycles. The summed E-state index contributed by atoms with van der Waals surface area (Å²) in [5, 5.41) is 9.00. The minimum atomic E-state index is -1.13. The van der Waals surface area contributed by atoms with Crippen molar-refractivity contribution in [2.24, 2.45) is 0 Å². The standard InChI is InChI=1S/C13H10F2N2O2/c1-6-11(13(18)19)7(2)17-12(16-6)8-3-9(14)5-10(15)4-8/h3-5H,1-2H3,(H,18,19). The van der Waals surface area contributed by atoms with E-state index in [0.717, 1.165) is 18.2 Å². The van der Waals surface area contributed by atoms with E-state index in [1.54, 1.807) is 0 Å². The molecule has 4 nitrogen and oxygen atoms in total. The topological polar surface area (TPSA) is 63.1 Å². The van der Waals surface area contributed by atoms with E-state index in [4.69, 9.17) is 5.11 Å². The van der Waals surface area contributed by atoms with Crippen LogP contribution in [0, 0.1) is 25.5 Å². The Bertz CT molecular complexity index is 628. The lowest BCUT2D eigenvalue weighted by atomic mass is 10.1. The number of nitrogens with zero attached hydrogens (tertiary/aromatic N) is 2. The van der Waals surface area contributed by atoms with E-state index in [-0.39, 0.29) is 28.3 Å². The van der Waals surface area contributed by atoms with Crippen LogP contribution in [-0.4, -0.2) is 21.0 Å². The van der Waals surface area contributed by atoms with Gasteiger partial charge in [0.05, 0.1) is 11.4 Å². The highest BCUT2D eigenvalue weighted by molar-refractivity contribution is 5.90. The van der Waals surface area contributed by atoms with E-state index >= 15 is 0 Å². The van der Waals surface area contributed by atoms with E-state index in [9.17, 15) is 13.6 Å². The normalized spacial score (nSPS) is 10.5. The first-order chi connectivity index (χ1) is 8.88. The first-order valence-corrected chi connectivity index (χ1v) is 5.43. The number of hydrogen-bond donors (Lipinski definition) is 1. The molecular weight excluding hydrogens is 254 g/mol. The molecule has 1 N–H and O–H groups in total. The maximum Gasteiger partial charge on any atom is 0.339 e. The second-order valence-electron chi connectivity index (χ2n) is 4.06. The molecule has 0 atom stereocenters. The maximum absolute atomic E-state index is 13.1. The van der Waals surface area contributed by atoms with Crippen molar-refractivity contribution in [1.29, 1.82) is 0 Å². The minimum Gasteiger partial charge on any atom is -0.478 e. The summed E-state index contributed by atoms with van der Waals surface area (Å²) in [5.74, 6) is -2.52. The largest absolute Gasteiger partial charge is 0.478 e. The summed E-state index contributed by atoms with van der Waals surface area (Å²) in [6.07, 6.45) is 0. The molecule has 0 bridgehead atoms. The lowest BCUT2D eigenvalue weighted by Crippen LogP contribution is -2.08. The van der Waals surface area contributed by atoms with Crippen LogP contribution in [0.15, 0.2) is 18.2 Å². The number of rotatable bonds is 2. The number of benzene rings is 1. The molecule has 2 rings (SSSR count). The van der Waals surface area contributed by atoms with Gasteiger partial charge in [-0.25, -0.2) is 23.5 Å². The van der Waals surface area contributed by atoms with Gasteiger partial charge in [0.15, 0.2) is 5.82 Å². The molecule has 0 fully saturated rings. The Balaban J connectivity index is 2.61. The van der Waals surface area contributed by atoms with Crippen molar-refractivity contribution >= 4 is 5.97 Å². The molecule has 0 saturated heterocycles. The Morgan fingerprint density at radius 1 is 1.05 bits per heavy atom. The predicted molar refractivity (Wildman–Crippen MR) is 63.8 cm³/mol. The SMILES string of the molecule is Cc1nc(-c2cc(F)cc(F)c2)nc(C)c1C(=O)O. The Morgan fingerprint density at radius 2 is 1.53 bits per heavy atom. The molecule has 98 valence electrons. The fraction of sp³-hybridized carbons (Fsp3) is 0.154. The summed E-state index contributed by atoms with van der Waals surface area (Å²) >= 11 is 0. The summed E-state index contributed by atoms with van der Waals surface area (Å²) in [7, 11) is 0. The van der Waals surface area contributed by atoms with Crippen LogP contribution < -0.4 is 0 Å². The Kier molecular flexibility index (Phi) is 3.25. The molecule has 6 heteroatoms. The molecule has 0 amide bonds. The van der Waals surface area contributed by atoms with E-state index in [1.807, 2.05) is 0 Å². The number of carbonyl (C=O) groups is 1. The minimum absolute atomic E-state index is 0.000579. The molecule has 19 heavy (non-hydrogen) atoms. The van der Waals surface area contributed by atoms with Crippen LogP contribution >= 0.6 is 0 Å². The summed E-state index contributed by atoms with van der Waals surface area (Å²) in [6.45, 7) is 3.02. The molecule has 1 aromatic heterocycles. The van der Waals surface area contributed by atoms with Gasteiger partial charge in [-0.15, -0.1) is 0 Å². The number of carboxylic acids is 1. The van der Waals surface area contributed by atoms with E-state index in [2.05, 4.69) is 9.97 Å². The van der Waals surface area contributed by atoms with Crippen molar-refractivity contribution in [3.05, 3.63) is 46.8 Å². The summed E-state index contributed by atoms with van der Waals surface area (Å²) in [5.41, 5.74) is 0.667. The molecule has 0 unspecified atom stereocenters. The number of aromatic nitrogens is 2. The van der Waals surface area contributed by atoms with E-state index in [0.29, 0.717) is 0 Å². The average Bonchev–Trinajstić information content (AvgIpc) is 2.25. The van der Waals surface area contributed by atoms with Crippen LogP contribution in [0.2, 0.25) is 0 Å². The molecule has 0 spiro atoms. The lowest BCUT2D eigenvalue weighted by molar-refractivity contribution is 0.0694. The molecule has 0 aliphatic carbocycles. The zero-order valence-electron chi connectivity index (χ0n) is 10.2. The van der Waals surface area contributed by atoms with Crippen molar-refractivity contribution < 1.29 is 18.7 Å². The monoisotopic (exact) mass is 264 g/mol. The van der Waals surface area contributed by atoms with Gasteiger partial charge in [0.1, 0.15) is 17.2 Å². The number of carboxylic acid groups (broad SMARTS) is 1. The van der Waals surface area contributed by atoms with Crippen LogP contribution in [0.4, 0.5) is 8.78 Å². The van der Waals surface area contributed by atoms with E-state index in [1.165, 1.54) is 13.8 Å². The van der Waals surface area contributed by atoms with Gasteiger partial charge in [-0.2, -0.15) is 0 Å². The van der Waals surface area contributed by atoms with Gasteiger partial charge in [-0.05, 0) is 26.0 Å². The molecule has 0 radical (unpaired) electrons. The Morgan fingerprint density at radius 3 is 1.95 bits per heavy atom. The van der Waals surface area contributed by atoms with Gasteiger partial charge in [0.2, 0.25) is 0 Å². The average molecular weight is 264 g/mol. The summed E-state index contributed by atoms with van der Waals surface area (Å²) < 4.78 is 26.3. The van der Waals surface area contributed by atoms with Gasteiger partial charge in [0.25, 0.3) is 0 Å². The highest BCUT2D eigenvalue weighted by Gasteiger charge is 2.16. The molecule has 1 heterocycles. The van der Waals surface area contributed by atoms with Crippen molar-refractivity contribution in [2.45, 2.75) is 13.8 Å². The third-order valence-corrected chi connectivity index (χ3v) is 2.61. The summed E-state index contributed by atoms with van der Waals surface area (Å²) in [4.78, 5) is 19.0. The second-order valence-corrected chi connectivity index (χ2v) is 4.06. The second kappa shape index (κ2) is 4.72. The quantitative estimate of drug-likeness (QED) is 0.905. The zero-order chi connectivity index (χ0) is 14.2. The Labute approximate surface area is 107 Å². The zero-order valence-corrected chi connectivity index (χ0v) is 10.2. The molecule has 0 aliphatic rings. The smallest absolute Gasteiger partial charge is 0.339 e. The highest BCUT2D eigenvalue weighted by atomic mass is 19.1. The van der Waals surface area contributed by atoms with Crippen molar-refractivity contribution in [1.82, 2.24) is 9.97 Å². The third-order valence-electron chi connectivity index (χ3n) is 2.61. The van der Waals surface area contributed by atoms with Crippen LogP contribution in [0.25, 0.3) is 11.4 Å². The van der Waals surface area contributed by atoms with Crippen molar-refractivity contribution in [3.63, 3.8) is 0 Å². The molecule has 2 aromatic rings. The van der Waals surface area contributed by atoms with Crippen molar-refractivity contribution in [2.75, 3.05) is 0 Å². The first-order valence-electron chi connectivity index (χ1n) is 5.43. The summed E-state index contributed by atoms with van der Waals surface area (Å²) in [6, 6.07) is 2.93. The fourth-order valence-corrected chi connectivity index (χ4v) is 1.84. The highest BCUT2D eigenvalue weighted by Crippen LogP contribution is 2.21. The van der Waals surface area contributed by atoms with Crippen LogP contribution in [-0.2, 0) is 0 Å². The number of aryl methyl sites for hydroxylation is 2. The van der Waals surface area contributed by atoms with Gasteiger partial charge < -0.3 is 5.11 Å². The molecular formula is C13H10F2N2O2. The lowest BCUT2D eigenvalue weighted by Gasteiger charge is -2.07. The maximum atomic E-state index is 13.1. The number of hydrogen-bond acceptors (Lipinski definition) is 3. The number of aromatic carboxylic acids is 1. The predicted octanol–water partition coefficient (Wildman–Crippen LogP) is 2.74. The van der Waals surface area contributed by atoms with E-state index < -0.39 is 17.6 Å². The van der Waals surface area contributed by atoms with Crippen molar-refractivity contribution in [3.8, 4) is 11.4 Å².